The topological polar surface area (TPSA) is 59.2 Å². The molecule has 2 heterocycles. The third-order valence-electron chi connectivity index (χ3n) is 4.12. The number of hydrogen-bond donors (Lipinski definition) is 1. The highest BCUT2D eigenvalue weighted by molar-refractivity contribution is 5.92. The molecule has 1 aromatic heterocycles. The van der Waals surface area contributed by atoms with Gasteiger partial charge in [0.25, 0.3) is 0 Å². The second kappa shape index (κ2) is 7.59. The van der Waals surface area contributed by atoms with Crippen LogP contribution in [0.25, 0.3) is 11.6 Å². The van der Waals surface area contributed by atoms with Crippen molar-refractivity contribution in [1.29, 1.82) is 0 Å². The molecule has 1 aromatic carbocycles. The van der Waals surface area contributed by atoms with E-state index in [1.807, 2.05) is 29.2 Å². The van der Waals surface area contributed by atoms with E-state index in [2.05, 4.69) is 23.2 Å². The fourth-order valence-corrected chi connectivity index (χ4v) is 2.78. The SMILES string of the molecule is Nc1ccc(C=CC(=O)N2CC=C(c3ccccc3)CCC2)cn1. The number of aromatic nitrogens is 1. The summed E-state index contributed by atoms with van der Waals surface area (Å²) in [5.41, 5.74) is 8.99. The molecule has 0 atom stereocenters. The summed E-state index contributed by atoms with van der Waals surface area (Å²) in [5.74, 6) is 0.502. The number of amides is 1. The van der Waals surface area contributed by atoms with Crippen LogP contribution in [-0.4, -0.2) is 28.9 Å². The van der Waals surface area contributed by atoms with Crippen LogP contribution in [0.3, 0.4) is 0 Å². The van der Waals surface area contributed by atoms with E-state index in [0.29, 0.717) is 12.4 Å². The average Bonchev–Trinajstić information content (AvgIpc) is 2.88. The van der Waals surface area contributed by atoms with Gasteiger partial charge < -0.3 is 10.6 Å². The zero-order valence-corrected chi connectivity index (χ0v) is 13.6. The minimum absolute atomic E-state index is 0.0254. The van der Waals surface area contributed by atoms with Crippen LogP contribution in [0.1, 0.15) is 24.0 Å². The molecule has 0 saturated heterocycles. The third kappa shape index (κ3) is 4.10. The van der Waals surface area contributed by atoms with Crippen molar-refractivity contribution in [2.24, 2.45) is 0 Å². The molecular weight excluding hydrogens is 298 g/mol. The minimum atomic E-state index is 0.0254. The molecule has 1 aliphatic rings. The zero-order valence-electron chi connectivity index (χ0n) is 13.6. The van der Waals surface area contributed by atoms with Crippen LogP contribution < -0.4 is 5.73 Å². The van der Waals surface area contributed by atoms with Gasteiger partial charge in [-0.2, -0.15) is 0 Å². The quantitative estimate of drug-likeness (QED) is 0.882. The lowest BCUT2D eigenvalue weighted by molar-refractivity contribution is -0.125. The highest BCUT2D eigenvalue weighted by atomic mass is 16.2. The number of pyridine rings is 1. The van der Waals surface area contributed by atoms with Gasteiger partial charge in [-0.3, -0.25) is 4.79 Å². The van der Waals surface area contributed by atoms with Gasteiger partial charge in [0.05, 0.1) is 0 Å². The fraction of sp³-hybridized carbons (Fsp3) is 0.200. The number of nitrogens with zero attached hydrogens (tertiary/aromatic N) is 2. The normalized spacial score (nSPS) is 15.2. The molecule has 0 saturated carbocycles. The summed E-state index contributed by atoms with van der Waals surface area (Å²) in [5, 5.41) is 0. The summed E-state index contributed by atoms with van der Waals surface area (Å²) in [6.45, 7) is 1.42. The van der Waals surface area contributed by atoms with Crippen molar-refractivity contribution in [3.05, 3.63) is 71.9 Å². The average molecular weight is 319 g/mol. The number of carbonyl (C=O) groups is 1. The highest BCUT2D eigenvalue weighted by Gasteiger charge is 2.14. The molecule has 122 valence electrons. The molecule has 0 spiro atoms. The highest BCUT2D eigenvalue weighted by Crippen LogP contribution is 2.22. The maximum absolute atomic E-state index is 12.4. The van der Waals surface area contributed by atoms with Crippen LogP contribution in [-0.2, 0) is 4.79 Å². The Labute approximate surface area is 142 Å². The summed E-state index contributed by atoms with van der Waals surface area (Å²) in [4.78, 5) is 18.3. The summed E-state index contributed by atoms with van der Waals surface area (Å²) in [6, 6.07) is 13.9. The Morgan fingerprint density at radius 3 is 2.75 bits per heavy atom. The van der Waals surface area contributed by atoms with Gasteiger partial charge in [-0.1, -0.05) is 36.4 Å². The standard InChI is InChI=1S/C20H21N3O/c21-19-10-8-16(15-22-19)9-11-20(24)23-13-4-7-18(12-14-23)17-5-2-1-3-6-17/h1-3,5-6,8-12,15H,4,7,13-14H2,(H2,21,22). The number of rotatable bonds is 3. The van der Waals surface area contributed by atoms with Crippen molar-refractivity contribution in [1.82, 2.24) is 9.88 Å². The van der Waals surface area contributed by atoms with Crippen molar-refractivity contribution in [2.45, 2.75) is 12.8 Å². The van der Waals surface area contributed by atoms with Crippen molar-refractivity contribution < 1.29 is 4.79 Å². The van der Waals surface area contributed by atoms with Gasteiger partial charge >= 0.3 is 0 Å². The summed E-state index contributed by atoms with van der Waals surface area (Å²) >= 11 is 0. The Kier molecular flexibility index (Phi) is 5.06. The molecule has 1 amide bonds. The van der Waals surface area contributed by atoms with Crippen molar-refractivity contribution in [3.63, 3.8) is 0 Å². The molecule has 4 nitrogen and oxygen atoms in total. The Morgan fingerprint density at radius 1 is 1.17 bits per heavy atom. The molecule has 0 fully saturated rings. The van der Waals surface area contributed by atoms with Crippen molar-refractivity contribution in [2.75, 3.05) is 18.8 Å². The van der Waals surface area contributed by atoms with E-state index in [4.69, 9.17) is 5.73 Å². The minimum Gasteiger partial charge on any atom is -0.384 e. The number of nitrogen functional groups attached to an aromatic ring is 1. The Bertz CT molecular complexity index is 748. The molecule has 2 aromatic rings. The molecule has 0 unspecified atom stereocenters. The maximum Gasteiger partial charge on any atom is 0.246 e. The van der Waals surface area contributed by atoms with E-state index in [-0.39, 0.29) is 5.91 Å². The molecule has 24 heavy (non-hydrogen) atoms. The van der Waals surface area contributed by atoms with E-state index >= 15 is 0 Å². The van der Waals surface area contributed by atoms with Gasteiger partial charge in [-0.15, -0.1) is 0 Å². The fourth-order valence-electron chi connectivity index (χ4n) is 2.78. The van der Waals surface area contributed by atoms with E-state index in [1.165, 1.54) is 11.1 Å². The third-order valence-corrected chi connectivity index (χ3v) is 4.12. The Morgan fingerprint density at radius 2 is 2.00 bits per heavy atom. The lowest BCUT2D eigenvalue weighted by atomic mass is 10.0. The van der Waals surface area contributed by atoms with E-state index in [0.717, 1.165) is 24.9 Å². The van der Waals surface area contributed by atoms with Crippen molar-refractivity contribution >= 4 is 23.4 Å². The Hall–Kier alpha value is -2.88. The first-order valence-corrected chi connectivity index (χ1v) is 8.15. The first kappa shape index (κ1) is 16.0. The molecule has 0 aliphatic carbocycles. The smallest absolute Gasteiger partial charge is 0.246 e. The van der Waals surface area contributed by atoms with Crippen LogP contribution in [0.5, 0.6) is 0 Å². The second-order valence-electron chi connectivity index (χ2n) is 5.83. The molecule has 0 radical (unpaired) electrons. The van der Waals surface area contributed by atoms with E-state index in [9.17, 15) is 4.79 Å². The number of carbonyl (C=O) groups excluding carboxylic acids is 1. The molecular formula is C20H21N3O. The van der Waals surface area contributed by atoms with Crippen LogP contribution in [0.2, 0.25) is 0 Å². The predicted molar refractivity (Wildman–Crippen MR) is 97.9 cm³/mol. The van der Waals surface area contributed by atoms with Gasteiger partial charge in [0, 0.05) is 25.4 Å². The maximum atomic E-state index is 12.4. The monoisotopic (exact) mass is 319 g/mol. The number of allylic oxidation sites excluding steroid dienone is 1. The molecule has 4 heteroatoms. The molecule has 0 bridgehead atoms. The number of anilines is 1. The molecule has 2 N–H and O–H groups in total. The Balaban J connectivity index is 1.65. The predicted octanol–water partition coefficient (Wildman–Crippen LogP) is 3.38. The largest absolute Gasteiger partial charge is 0.384 e. The zero-order chi connectivity index (χ0) is 16.8. The first-order valence-electron chi connectivity index (χ1n) is 8.15. The van der Waals surface area contributed by atoms with Gasteiger partial charge in [0.1, 0.15) is 5.82 Å². The molecule has 3 rings (SSSR count). The van der Waals surface area contributed by atoms with E-state index < -0.39 is 0 Å². The van der Waals surface area contributed by atoms with Gasteiger partial charge in [0.2, 0.25) is 5.91 Å². The molecule has 1 aliphatic heterocycles. The summed E-state index contributed by atoms with van der Waals surface area (Å²) in [6.07, 6.45) is 9.19. The van der Waals surface area contributed by atoms with Gasteiger partial charge in [-0.25, -0.2) is 4.98 Å². The lowest BCUT2D eigenvalue weighted by Gasteiger charge is -2.17. The lowest BCUT2D eigenvalue weighted by Crippen LogP contribution is -2.29. The number of benzene rings is 1. The van der Waals surface area contributed by atoms with Crippen LogP contribution in [0.4, 0.5) is 5.82 Å². The number of hydrogen-bond acceptors (Lipinski definition) is 3. The van der Waals surface area contributed by atoms with Crippen molar-refractivity contribution in [3.8, 4) is 0 Å². The van der Waals surface area contributed by atoms with Crippen LogP contribution in [0.15, 0.2) is 60.8 Å². The summed E-state index contributed by atoms with van der Waals surface area (Å²) < 4.78 is 0. The second-order valence-corrected chi connectivity index (χ2v) is 5.83. The van der Waals surface area contributed by atoms with E-state index in [1.54, 1.807) is 24.4 Å². The van der Waals surface area contributed by atoms with Gasteiger partial charge in [-0.05, 0) is 47.8 Å². The number of nitrogens with two attached hydrogens (primary N) is 1. The van der Waals surface area contributed by atoms with Crippen LogP contribution >= 0.6 is 0 Å². The van der Waals surface area contributed by atoms with Gasteiger partial charge in [0.15, 0.2) is 0 Å². The summed E-state index contributed by atoms with van der Waals surface area (Å²) in [7, 11) is 0. The van der Waals surface area contributed by atoms with Crippen LogP contribution in [0, 0.1) is 0 Å². The first-order chi connectivity index (χ1) is 11.7.